The van der Waals surface area contributed by atoms with E-state index >= 15 is 0 Å². The van der Waals surface area contributed by atoms with Crippen LogP contribution in [0.1, 0.15) is 10.4 Å². The van der Waals surface area contributed by atoms with Gasteiger partial charge >= 0.3 is 14.8 Å². The Labute approximate surface area is 121 Å². The highest BCUT2D eigenvalue weighted by atomic mass is 127. The highest BCUT2D eigenvalue weighted by molar-refractivity contribution is 14.1. The molecule has 0 N–H and O–H groups in total. The van der Waals surface area contributed by atoms with Crippen molar-refractivity contribution >= 4 is 37.4 Å². The normalized spacial score (nSPS) is 11.3. The number of hydrogen-bond acceptors (Lipinski definition) is 5. The number of rotatable bonds is 6. The van der Waals surface area contributed by atoms with Gasteiger partial charge in [-0.1, -0.05) is 6.07 Å². The Balaban J connectivity index is 2.66. The molecule has 0 saturated heterocycles. The number of carbonyl (C=O) groups excluding carboxylic acids is 1. The molecule has 0 unspecified atom stereocenters. The van der Waals surface area contributed by atoms with E-state index in [-0.39, 0.29) is 6.23 Å². The molecule has 0 aromatic heterocycles. The smallest absolute Gasteiger partial charge is 0.457 e. The van der Waals surface area contributed by atoms with Crippen molar-refractivity contribution in [2.75, 3.05) is 27.6 Å². The SMILES string of the molecule is CO[Si](COC(=O)c1cccc(I)c1)(OC)OC. The molecule has 1 aromatic carbocycles. The molecule has 0 aliphatic carbocycles. The third kappa shape index (κ3) is 4.02. The minimum atomic E-state index is -2.87. The van der Waals surface area contributed by atoms with Crippen molar-refractivity contribution in [3.05, 3.63) is 33.4 Å². The Kier molecular flexibility index (Phi) is 6.22. The quantitative estimate of drug-likeness (QED) is 0.427. The molecule has 0 heterocycles. The van der Waals surface area contributed by atoms with Gasteiger partial charge in [0, 0.05) is 24.9 Å². The molecule has 0 aliphatic rings. The zero-order valence-electron chi connectivity index (χ0n) is 10.4. The molecule has 100 valence electrons. The van der Waals surface area contributed by atoms with Crippen molar-refractivity contribution in [3.63, 3.8) is 0 Å². The Bertz CT molecular complexity index is 400. The predicted molar refractivity (Wildman–Crippen MR) is 76.2 cm³/mol. The monoisotopic (exact) mass is 382 g/mol. The predicted octanol–water partition coefficient (Wildman–Crippen LogP) is 1.87. The standard InChI is InChI=1S/C11H15IO5Si/c1-14-18(15-2,16-3)8-17-11(13)9-5-4-6-10(12)7-9/h4-7H,8H2,1-3H3. The van der Waals surface area contributed by atoms with Crippen LogP contribution in [-0.2, 0) is 18.0 Å². The van der Waals surface area contributed by atoms with Crippen LogP contribution in [0.5, 0.6) is 0 Å². The largest absolute Gasteiger partial charge is 0.539 e. The van der Waals surface area contributed by atoms with Gasteiger partial charge in [-0.2, -0.15) is 0 Å². The van der Waals surface area contributed by atoms with Crippen LogP contribution in [0.2, 0.25) is 0 Å². The molecule has 7 heteroatoms. The van der Waals surface area contributed by atoms with Crippen LogP contribution in [0.15, 0.2) is 24.3 Å². The summed E-state index contributed by atoms with van der Waals surface area (Å²) in [6.45, 7) is 0. The van der Waals surface area contributed by atoms with Gasteiger partial charge in [0.05, 0.1) is 5.56 Å². The van der Waals surface area contributed by atoms with Gasteiger partial charge < -0.3 is 18.0 Å². The van der Waals surface area contributed by atoms with Crippen LogP contribution < -0.4 is 0 Å². The van der Waals surface area contributed by atoms with Crippen LogP contribution in [0.4, 0.5) is 0 Å². The number of carbonyl (C=O) groups is 1. The summed E-state index contributed by atoms with van der Waals surface area (Å²) in [7, 11) is 1.54. The summed E-state index contributed by atoms with van der Waals surface area (Å²) in [5.74, 6) is -0.420. The summed E-state index contributed by atoms with van der Waals surface area (Å²) in [6, 6.07) is 7.14. The van der Waals surface area contributed by atoms with Crippen LogP contribution in [-0.4, -0.2) is 42.3 Å². The summed E-state index contributed by atoms with van der Waals surface area (Å²) < 4.78 is 21.6. The van der Waals surface area contributed by atoms with E-state index in [2.05, 4.69) is 22.6 Å². The van der Waals surface area contributed by atoms with Crippen molar-refractivity contribution in [1.29, 1.82) is 0 Å². The second-order valence-corrected chi connectivity index (χ2v) is 7.51. The van der Waals surface area contributed by atoms with Crippen molar-refractivity contribution in [1.82, 2.24) is 0 Å². The zero-order chi connectivity index (χ0) is 13.6. The van der Waals surface area contributed by atoms with Gasteiger partial charge in [-0.25, -0.2) is 4.79 Å². The molecule has 18 heavy (non-hydrogen) atoms. The number of benzene rings is 1. The summed E-state index contributed by atoms with van der Waals surface area (Å²) >= 11 is 2.13. The number of esters is 1. The lowest BCUT2D eigenvalue weighted by Gasteiger charge is -2.23. The van der Waals surface area contributed by atoms with E-state index in [1.54, 1.807) is 18.2 Å². The molecule has 0 aliphatic heterocycles. The van der Waals surface area contributed by atoms with E-state index in [1.165, 1.54) is 21.3 Å². The summed E-state index contributed by atoms with van der Waals surface area (Å²) in [5, 5.41) is 0. The van der Waals surface area contributed by atoms with Gasteiger partial charge in [-0.15, -0.1) is 0 Å². The first-order valence-corrected chi connectivity index (χ1v) is 8.16. The lowest BCUT2D eigenvalue weighted by Crippen LogP contribution is -2.48. The fourth-order valence-electron chi connectivity index (χ4n) is 1.28. The highest BCUT2D eigenvalue weighted by Crippen LogP contribution is 2.11. The molecule has 5 nitrogen and oxygen atoms in total. The lowest BCUT2D eigenvalue weighted by atomic mass is 10.2. The van der Waals surface area contributed by atoms with E-state index in [1.807, 2.05) is 6.07 Å². The fraction of sp³-hybridized carbons (Fsp3) is 0.364. The number of halogens is 1. The zero-order valence-corrected chi connectivity index (χ0v) is 13.6. The Hall–Kier alpha value is -0.483. The number of ether oxygens (including phenoxy) is 1. The van der Waals surface area contributed by atoms with E-state index < -0.39 is 14.8 Å². The van der Waals surface area contributed by atoms with Gasteiger partial charge in [-0.05, 0) is 40.8 Å². The molecule has 0 spiro atoms. The molecule has 0 atom stereocenters. The average molecular weight is 382 g/mol. The molecule has 0 fully saturated rings. The summed E-state index contributed by atoms with van der Waals surface area (Å²) in [4.78, 5) is 11.8. The van der Waals surface area contributed by atoms with Gasteiger partial charge in [-0.3, -0.25) is 0 Å². The molecule has 0 saturated carbocycles. The van der Waals surface area contributed by atoms with E-state index in [0.717, 1.165) is 3.57 Å². The van der Waals surface area contributed by atoms with Crippen molar-refractivity contribution < 1.29 is 22.8 Å². The van der Waals surface area contributed by atoms with Crippen molar-refractivity contribution in [2.24, 2.45) is 0 Å². The minimum absolute atomic E-state index is 0.0131. The maximum Gasteiger partial charge on any atom is 0.539 e. The lowest BCUT2D eigenvalue weighted by molar-refractivity contribution is 0.0397. The second-order valence-electron chi connectivity index (χ2n) is 3.38. The minimum Gasteiger partial charge on any atom is -0.457 e. The molecular weight excluding hydrogens is 367 g/mol. The van der Waals surface area contributed by atoms with Crippen LogP contribution in [0, 0.1) is 3.57 Å². The van der Waals surface area contributed by atoms with Gasteiger partial charge in [0.25, 0.3) is 0 Å². The van der Waals surface area contributed by atoms with Gasteiger partial charge in [0.2, 0.25) is 0 Å². The van der Waals surface area contributed by atoms with Crippen LogP contribution >= 0.6 is 22.6 Å². The fourth-order valence-corrected chi connectivity index (χ4v) is 2.98. The highest BCUT2D eigenvalue weighted by Gasteiger charge is 2.40. The van der Waals surface area contributed by atoms with Gasteiger partial charge in [0.1, 0.15) is 0 Å². The first-order chi connectivity index (χ1) is 8.56. The topological polar surface area (TPSA) is 54.0 Å². The molecular formula is C11H15IO5Si. The van der Waals surface area contributed by atoms with Gasteiger partial charge in [0.15, 0.2) is 6.23 Å². The molecule has 0 radical (unpaired) electrons. The Morgan fingerprint density at radius 2 is 1.83 bits per heavy atom. The molecule has 1 aromatic rings. The third-order valence-corrected chi connectivity index (χ3v) is 5.41. The Morgan fingerprint density at radius 3 is 2.33 bits per heavy atom. The van der Waals surface area contributed by atoms with E-state index in [4.69, 9.17) is 18.0 Å². The first kappa shape index (κ1) is 15.6. The molecule has 0 bridgehead atoms. The van der Waals surface area contributed by atoms with E-state index in [0.29, 0.717) is 5.56 Å². The van der Waals surface area contributed by atoms with Crippen molar-refractivity contribution in [3.8, 4) is 0 Å². The summed E-state index contributed by atoms with van der Waals surface area (Å²) in [5.41, 5.74) is 0.494. The summed E-state index contributed by atoms with van der Waals surface area (Å²) in [6.07, 6.45) is -0.0131. The second kappa shape index (κ2) is 7.19. The van der Waals surface area contributed by atoms with Crippen molar-refractivity contribution in [2.45, 2.75) is 0 Å². The third-order valence-electron chi connectivity index (χ3n) is 2.37. The van der Waals surface area contributed by atoms with E-state index in [9.17, 15) is 4.79 Å². The maximum atomic E-state index is 11.8. The van der Waals surface area contributed by atoms with Crippen LogP contribution in [0.3, 0.4) is 0 Å². The maximum absolute atomic E-state index is 11.8. The average Bonchev–Trinajstić information content (AvgIpc) is 2.40. The van der Waals surface area contributed by atoms with Crippen LogP contribution in [0.25, 0.3) is 0 Å². The molecule has 0 amide bonds. The first-order valence-electron chi connectivity index (χ1n) is 5.15. The molecule has 1 rings (SSSR count). The Morgan fingerprint density at radius 1 is 1.22 bits per heavy atom. The number of hydrogen-bond donors (Lipinski definition) is 0.